The molecule has 15 heavy (non-hydrogen) atoms. The average Bonchev–Trinajstić information content (AvgIpc) is 2.60. The van der Waals surface area contributed by atoms with Crippen molar-refractivity contribution in [2.24, 2.45) is 17.6 Å². The van der Waals surface area contributed by atoms with Crippen molar-refractivity contribution in [1.29, 1.82) is 0 Å². The van der Waals surface area contributed by atoms with Gasteiger partial charge in [0.15, 0.2) is 0 Å². The second-order valence-corrected chi connectivity index (χ2v) is 4.65. The summed E-state index contributed by atoms with van der Waals surface area (Å²) >= 11 is 0. The van der Waals surface area contributed by atoms with Crippen LogP contribution in [0.5, 0.6) is 0 Å². The largest absolute Gasteiger partial charge is 0.461 e. The highest BCUT2D eigenvalue weighted by Gasteiger charge is 2.30. The first kappa shape index (κ1) is 12.5. The molecule has 3 N–H and O–H groups in total. The lowest BCUT2D eigenvalue weighted by atomic mass is 9.88. The number of carbonyl (C=O) groups excluding carboxylic acids is 1. The van der Waals surface area contributed by atoms with Gasteiger partial charge in [-0.1, -0.05) is 13.8 Å². The van der Waals surface area contributed by atoms with Crippen molar-refractivity contribution in [3.63, 3.8) is 0 Å². The molecule has 0 aromatic heterocycles. The SMILES string of the molecule is CC(C)C(CO)CC(N)C1CCC(=O)O1. The topological polar surface area (TPSA) is 72.5 Å². The number of hydrogen-bond donors (Lipinski definition) is 2. The fraction of sp³-hybridized carbons (Fsp3) is 0.909. The molecule has 0 spiro atoms. The van der Waals surface area contributed by atoms with Gasteiger partial charge < -0.3 is 15.6 Å². The Morgan fingerprint density at radius 3 is 2.67 bits per heavy atom. The summed E-state index contributed by atoms with van der Waals surface area (Å²) in [4.78, 5) is 10.9. The quantitative estimate of drug-likeness (QED) is 0.661. The summed E-state index contributed by atoms with van der Waals surface area (Å²) in [5.74, 6) is 0.443. The number of ether oxygens (including phenoxy) is 1. The van der Waals surface area contributed by atoms with Crippen LogP contribution in [0.1, 0.15) is 33.1 Å². The number of cyclic esters (lactones) is 1. The van der Waals surface area contributed by atoms with Crippen LogP contribution in [0.4, 0.5) is 0 Å². The van der Waals surface area contributed by atoms with Crippen molar-refractivity contribution < 1.29 is 14.6 Å². The van der Waals surface area contributed by atoms with Crippen molar-refractivity contribution >= 4 is 5.97 Å². The first-order valence-corrected chi connectivity index (χ1v) is 5.60. The molecular formula is C11H21NO3. The summed E-state index contributed by atoms with van der Waals surface area (Å²) in [5, 5.41) is 9.18. The van der Waals surface area contributed by atoms with Gasteiger partial charge in [0.1, 0.15) is 6.10 Å². The van der Waals surface area contributed by atoms with Crippen molar-refractivity contribution in [2.75, 3.05) is 6.61 Å². The van der Waals surface area contributed by atoms with Gasteiger partial charge in [-0.05, 0) is 24.7 Å². The zero-order valence-electron chi connectivity index (χ0n) is 9.48. The number of rotatable bonds is 5. The van der Waals surface area contributed by atoms with Gasteiger partial charge in [-0.15, -0.1) is 0 Å². The third-order valence-corrected chi connectivity index (χ3v) is 3.15. The first-order chi connectivity index (χ1) is 7.04. The summed E-state index contributed by atoms with van der Waals surface area (Å²) < 4.78 is 5.10. The second-order valence-electron chi connectivity index (χ2n) is 4.65. The van der Waals surface area contributed by atoms with E-state index in [1.54, 1.807) is 0 Å². The molecule has 0 aromatic rings. The highest BCUT2D eigenvalue weighted by atomic mass is 16.5. The van der Waals surface area contributed by atoms with Crippen molar-refractivity contribution in [3.8, 4) is 0 Å². The van der Waals surface area contributed by atoms with Gasteiger partial charge in [0.2, 0.25) is 0 Å². The van der Waals surface area contributed by atoms with Crippen LogP contribution < -0.4 is 5.73 Å². The maximum atomic E-state index is 10.9. The number of hydrogen-bond acceptors (Lipinski definition) is 4. The molecule has 1 saturated heterocycles. The van der Waals surface area contributed by atoms with Crippen LogP contribution >= 0.6 is 0 Å². The molecule has 3 atom stereocenters. The van der Waals surface area contributed by atoms with Gasteiger partial charge in [-0.3, -0.25) is 4.79 Å². The number of aliphatic hydroxyl groups is 1. The molecule has 88 valence electrons. The fourth-order valence-corrected chi connectivity index (χ4v) is 1.91. The van der Waals surface area contributed by atoms with E-state index in [1.165, 1.54) is 0 Å². The Morgan fingerprint density at radius 2 is 2.27 bits per heavy atom. The van der Waals surface area contributed by atoms with Crippen LogP contribution in [-0.4, -0.2) is 29.8 Å². The molecule has 1 aliphatic heterocycles. The molecule has 4 heteroatoms. The van der Waals surface area contributed by atoms with Crippen molar-refractivity contribution in [1.82, 2.24) is 0 Å². The van der Waals surface area contributed by atoms with Crippen molar-refractivity contribution in [3.05, 3.63) is 0 Å². The smallest absolute Gasteiger partial charge is 0.306 e. The summed E-state index contributed by atoms with van der Waals surface area (Å²) in [6.45, 7) is 4.27. The maximum Gasteiger partial charge on any atom is 0.306 e. The molecule has 0 aromatic carbocycles. The van der Waals surface area contributed by atoms with E-state index in [2.05, 4.69) is 13.8 Å². The minimum absolute atomic E-state index is 0.143. The van der Waals surface area contributed by atoms with Crippen LogP contribution in [0, 0.1) is 11.8 Å². The lowest BCUT2D eigenvalue weighted by Crippen LogP contribution is -2.38. The molecule has 0 radical (unpaired) electrons. The predicted molar refractivity (Wildman–Crippen MR) is 57.1 cm³/mol. The first-order valence-electron chi connectivity index (χ1n) is 5.60. The van der Waals surface area contributed by atoms with Crippen LogP contribution in [0.2, 0.25) is 0 Å². The summed E-state index contributed by atoms with van der Waals surface area (Å²) in [6, 6.07) is -0.143. The zero-order chi connectivity index (χ0) is 11.4. The van der Waals surface area contributed by atoms with E-state index in [9.17, 15) is 9.90 Å². The molecule has 1 aliphatic rings. The van der Waals surface area contributed by atoms with Gasteiger partial charge in [0.25, 0.3) is 0 Å². The standard InChI is InChI=1S/C11H21NO3/c1-7(2)8(6-13)5-9(12)10-3-4-11(14)15-10/h7-10,13H,3-6,12H2,1-2H3. The molecule has 3 unspecified atom stereocenters. The Balaban J connectivity index is 2.40. The molecule has 0 amide bonds. The molecule has 4 nitrogen and oxygen atoms in total. The van der Waals surface area contributed by atoms with Gasteiger partial charge >= 0.3 is 5.97 Å². The van der Waals surface area contributed by atoms with E-state index in [1.807, 2.05) is 0 Å². The van der Waals surface area contributed by atoms with Crippen LogP contribution in [0.25, 0.3) is 0 Å². The van der Waals surface area contributed by atoms with E-state index in [0.717, 1.165) is 6.42 Å². The number of esters is 1. The third-order valence-electron chi connectivity index (χ3n) is 3.15. The fourth-order valence-electron chi connectivity index (χ4n) is 1.91. The molecule has 0 saturated carbocycles. The van der Waals surface area contributed by atoms with Gasteiger partial charge in [-0.25, -0.2) is 0 Å². The van der Waals surface area contributed by atoms with E-state index < -0.39 is 0 Å². The van der Waals surface area contributed by atoms with E-state index >= 15 is 0 Å². The number of carbonyl (C=O) groups is 1. The lowest BCUT2D eigenvalue weighted by molar-refractivity contribution is -0.142. The Morgan fingerprint density at radius 1 is 1.60 bits per heavy atom. The van der Waals surface area contributed by atoms with Crippen LogP contribution in [0.3, 0.4) is 0 Å². The van der Waals surface area contributed by atoms with E-state index in [-0.39, 0.29) is 30.6 Å². The Hall–Kier alpha value is -0.610. The number of nitrogens with two attached hydrogens (primary N) is 1. The molecule has 0 aliphatic carbocycles. The van der Waals surface area contributed by atoms with Crippen LogP contribution in [-0.2, 0) is 9.53 Å². The molecule has 1 heterocycles. The molecular weight excluding hydrogens is 194 g/mol. The lowest BCUT2D eigenvalue weighted by Gasteiger charge is -2.25. The summed E-state index contributed by atoms with van der Waals surface area (Å²) in [7, 11) is 0. The van der Waals surface area contributed by atoms with Gasteiger partial charge in [-0.2, -0.15) is 0 Å². The minimum Gasteiger partial charge on any atom is -0.461 e. The zero-order valence-corrected chi connectivity index (χ0v) is 9.48. The normalized spacial score (nSPS) is 25.4. The minimum atomic E-state index is -0.152. The van der Waals surface area contributed by atoms with E-state index in [4.69, 9.17) is 10.5 Å². The number of aliphatic hydroxyl groups excluding tert-OH is 1. The molecule has 0 bridgehead atoms. The van der Waals surface area contributed by atoms with E-state index in [0.29, 0.717) is 18.8 Å². The van der Waals surface area contributed by atoms with Crippen LogP contribution in [0.15, 0.2) is 0 Å². The molecule has 1 rings (SSSR count). The van der Waals surface area contributed by atoms with Gasteiger partial charge in [0, 0.05) is 19.1 Å². The third kappa shape index (κ3) is 3.47. The van der Waals surface area contributed by atoms with Crippen molar-refractivity contribution in [2.45, 2.75) is 45.3 Å². The summed E-state index contributed by atoms with van der Waals surface area (Å²) in [5.41, 5.74) is 5.97. The highest BCUT2D eigenvalue weighted by molar-refractivity contribution is 5.71. The molecule has 1 fully saturated rings. The second kappa shape index (κ2) is 5.47. The Kier molecular flexibility index (Phi) is 4.54. The highest BCUT2D eigenvalue weighted by Crippen LogP contribution is 2.23. The Labute approximate surface area is 90.8 Å². The van der Waals surface area contributed by atoms with Gasteiger partial charge in [0.05, 0.1) is 0 Å². The average molecular weight is 215 g/mol. The maximum absolute atomic E-state index is 10.9. The monoisotopic (exact) mass is 215 g/mol. The Bertz CT molecular complexity index is 218. The predicted octanol–water partition coefficient (Wildman–Crippen LogP) is 0.674. The summed E-state index contributed by atoms with van der Waals surface area (Å²) in [6.07, 6.45) is 1.76.